The van der Waals surface area contributed by atoms with Gasteiger partial charge in [-0.3, -0.25) is 0 Å². The highest BCUT2D eigenvalue weighted by Gasteiger charge is 2.19. The van der Waals surface area contributed by atoms with Crippen molar-refractivity contribution >= 4 is 10.0 Å². The van der Waals surface area contributed by atoms with Crippen LogP contribution in [0.1, 0.15) is 45.2 Å². The van der Waals surface area contributed by atoms with Crippen LogP contribution in [0.4, 0.5) is 0 Å². The summed E-state index contributed by atoms with van der Waals surface area (Å²) >= 11 is 0. The van der Waals surface area contributed by atoms with E-state index in [1.165, 1.54) is 0 Å². The molecule has 0 saturated carbocycles. The fraction of sp³-hybridized carbons (Fsp3) is 0.625. The van der Waals surface area contributed by atoms with Crippen LogP contribution in [0.25, 0.3) is 0 Å². The second kappa shape index (κ2) is 7.27. The Hall–Kier alpha value is -1.07. The van der Waals surface area contributed by atoms with Crippen LogP contribution < -0.4 is 9.46 Å². The summed E-state index contributed by atoms with van der Waals surface area (Å²) < 4.78 is 31.3. The summed E-state index contributed by atoms with van der Waals surface area (Å²) in [5.41, 5.74) is 2.24. The smallest absolute Gasteiger partial charge is 0.211 e. The maximum absolute atomic E-state index is 11.6. The van der Waals surface area contributed by atoms with Gasteiger partial charge in [0.1, 0.15) is 5.75 Å². The second-order valence-corrected chi connectivity index (χ2v) is 8.17. The molecule has 0 saturated heterocycles. The quantitative estimate of drug-likeness (QED) is 0.842. The molecule has 0 amide bonds. The third-order valence-corrected chi connectivity index (χ3v) is 4.87. The summed E-state index contributed by atoms with van der Waals surface area (Å²) in [4.78, 5) is 0. The lowest BCUT2D eigenvalue weighted by Crippen LogP contribution is -2.28. The van der Waals surface area contributed by atoms with Crippen LogP contribution in [0.15, 0.2) is 18.2 Å². The van der Waals surface area contributed by atoms with Crippen molar-refractivity contribution in [1.82, 2.24) is 4.72 Å². The van der Waals surface area contributed by atoms with Gasteiger partial charge in [0.2, 0.25) is 10.0 Å². The molecule has 1 N–H and O–H groups in total. The molecule has 0 bridgehead atoms. The lowest BCUT2D eigenvalue weighted by Gasteiger charge is -2.23. The first-order valence-electron chi connectivity index (χ1n) is 7.34. The van der Waals surface area contributed by atoms with Crippen molar-refractivity contribution < 1.29 is 13.2 Å². The van der Waals surface area contributed by atoms with Crippen molar-refractivity contribution in [3.05, 3.63) is 29.3 Å². The molecule has 0 aliphatic carbocycles. The van der Waals surface area contributed by atoms with Gasteiger partial charge in [-0.05, 0) is 35.4 Å². The molecule has 5 heteroatoms. The van der Waals surface area contributed by atoms with Crippen molar-refractivity contribution in [3.63, 3.8) is 0 Å². The molecule has 0 aliphatic rings. The molecule has 0 radical (unpaired) electrons. The van der Waals surface area contributed by atoms with Crippen LogP contribution >= 0.6 is 0 Å². The Bertz CT molecular complexity index is 559. The largest absolute Gasteiger partial charge is 0.496 e. The number of sulfonamides is 1. The zero-order chi connectivity index (χ0) is 16.1. The maximum atomic E-state index is 11.6. The first-order valence-corrected chi connectivity index (χ1v) is 8.99. The summed E-state index contributed by atoms with van der Waals surface area (Å²) in [6.07, 6.45) is 1.31. The minimum absolute atomic E-state index is 0.0108. The van der Waals surface area contributed by atoms with E-state index in [9.17, 15) is 8.42 Å². The predicted molar refractivity (Wildman–Crippen MR) is 87.5 cm³/mol. The third-order valence-electron chi connectivity index (χ3n) is 3.28. The standard InChI is InChI=1S/C16H27NO3S/c1-6-11-21(18,19)17-10-9-13-7-8-15(20-5)14(12-13)16(2,3)4/h7-8,12,17H,6,9-11H2,1-5H3. The fourth-order valence-corrected chi connectivity index (χ4v) is 3.28. The highest BCUT2D eigenvalue weighted by atomic mass is 32.2. The predicted octanol–water partition coefficient (Wildman–Crippen LogP) is 2.86. The number of methoxy groups -OCH3 is 1. The van der Waals surface area contributed by atoms with Gasteiger partial charge in [-0.2, -0.15) is 0 Å². The molecule has 0 fully saturated rings. The average Bonchev–Trinajstić information content (AvgIpc) is 2.37. The van der Waals surface area contributed by atoms with Gasteiger partial charge in [0, 0.05) is 6.54 Å². The number of rotatable bonds is 7. The molecule has 120 valence electrons. The lowest BCUT2D eigenvalue weighted by atomic mass is 9.85. The Kier molecular flexibility index (Phi) is 6.23. The van der Waals surface area contributed by atoms with E-state index in [4.69, 9.17) is 4.74 Å². The minimum Gasteiger partial charge on any atom is -0.496 e. The summed E-state index contributed by atoms with van der Waals surface area (Å²) in [5.74, 6) is 1.06. The molecule has 0 heterocycles. The molecule has 1 aromatic carbocycles. The first kappa shape index (κ1) is 18.0. The Morgan fingerprint density at radius 1 is 1.24 bits per heavy atom. The van der Waals surface area contributed by atoms with Crippen LogP contribution in [-0.4, -0.2) is 27.8 Å². The highest BCUT2D eigenvalue weighted by Crippen LogP contribution is 2.32. The molecule has 0 spiro atoms. The highest BCUT2D eigenvalue weighted by molar-refractivity contribution is 7.89. The molecular formula is C16H27NO3S. The average molecular weight is 313 g/mol. The van der Waals surface area contributed by atoms with E-state index >= 15 is 0 Å². The summed E-state index contributed by atoms with van der Waals surface area (Å²) in [6, 6.07) is 6.05. The van der Waals surface area contributed by atoms with Crippen LogP contribution in [-0.2, 0) is 21.9 Å². The number of hydrogen-bond donors (Lipinski definition) is 1. The Balaban J connectivity index is 2.78. The summed E-state index contributed by atoms with van der Waals surface area (Å²) in [6.45, 7) is 8.70. The number of nitrogens with one attached hydrogen (secondary N) is 1. The zero-order valence-electron chi connectivity index (χ0n) is 13.7. The van der Waals surface area contributed by atoms with Crippen molar-refractivity contribution in [2.24, 2.45) is 0 Å². The van der Waals surface area contributed by atoms with Crippen LogP contribution in [0.5, 0.6) is 5.75 Å². The molecule has 0 atom stereocenters. The maximum Gasteiger partial charge on any atom is 0.211 e. The van der Waals surface area contributed by atoms with E-state index in [0.717, 1.165) is 16.9 Å². The summed E-state index contributed by atoms with van der Waals surface area (Å²) in [5, 5.41) is 0. The van der Waals surface area contributed by atoms with Crippen LogP contribution in [0.2, 0.25) is 0 Å². The van der Waals surface area contributed by atoms with Gasteiger partial charge in [0.25, 0.3) is 0 Å². The van der Waals surface area contributed by atoms with Gasteiger partial charge in [0.05, 0.1) is 12.9 Å². The third kappa shape index (κ3) is 5.67. The van der Waals surface area contributed by atoms with Crippen molar-refractivity contribution in [3.8, 4) is 5.75 Å². The number of benzene rings is 1. The van der Waals surface area contributed by atoms with E-state index in [1.807, 2.05) is 19.1 Å². The van der Waals surface area contributed by atoms with Gasteiger partial charge in [-0.1, -0.05) is 39.8 Å². The van der Waals surface area contributed by atoms with Gasteiger partial charge in [0.15, 0.2) is 0 Å². The molecule has 4 nitrogen and oxygen atoms in total. The van der Waals surface area contributed by atoms with Gasteiger partial charge in [-0.25, -0.2) is 13.1 Å². The SMILES string of the molecule is CCCS(=O)(=O)NCCc1ccc(OC)c(C(C)(C)C)c1. The fourth-order valence-electron chi connectivity index (χ4n) is 2.19. The van der Waals surface area contributed by atoms with E-state index in [1.54, 1.807) is 7.11 Å². The molecule has 0 unspecified atom stereocenters. The van der Waals surface area contributed by atoms with Gasteiger partial charge in [-0.15, -0.1) is 0 Å². The summed E-state index contributed by atoms with van der Waals surface area (Å²) in [7, 11) is -1.46. The molecule has 21 heavy (non-hydrogen) atoms. The number of hydrogen-bond acceptors (Lipinski definition) is 3. The monoisotopic (exact) mass is 313 g/mol. The minimum atomic E-state index is -3.13. The van der Waals surface area contributed by atoms with Gasteiger partial charge >= 0.3 is 0 Å². The van der Waals surface area contributed by atoms with Crippen LogP contribution in [0.3, 0.4) is 0 Å². The normalized spacial score (nSPS) is 12.4. The topological polar surface area (TPSA) is 55.4 Å². The van der Waals surface area contributed by atoms with Crippen LogP contribution in [0, 0.1) is 0 Å². The zero-order valence-corrected chi connectivity index (χ0v) is 14.5. The van der Waals surface area contributed by atoms with E-state index < -0.39 is 10.0 Å². The van der Waals surface area contributed by atoms with Crippen molar-refractivity contribution in [2.45, 2.75) is 46.0 Å². The van der Waals surface area contributed by atoms with E-state index in [2.05, 4.69) is 31.6 Å². The van der Waals surface area contributed by atoms with Crippen molar-refractivity contribution in [1.29, 1.82) is 0 Å². The Morgan fingerprint density at radius 2 is 1.90 bits per heavy atom. The van der Waals surface area contributed by atoms with Crippen molar-refractivity contribution in [2.75, 3.05) is 19.4 Å². The molecule has 0 aromatic heterocycles. The van der Waals surface area contributed by atoms with E-state index in [-0.39, 0.29) is 11.2 Å². The molecule has 1 rings (SSSR count). The van der Waals surface area contributed by atoms with Gasteiger partial charge < -0.3 is 4.74 Å². The Morgan fingerprint density at radius 3 is 2.43 bits per heavy atom. The lowest BCUT2D eigenvalue weighted by molar-refractivity contribution is 0.397. The second-order valence-electron chi connectivity index (χ2n) is 6.25. The molecular weight excluding hydrogens is 286 g/mol. The Labute approximate surface area is 129 Å². The number of ether oxygens (including phenoxy) is 1. The molecule has 0 aliphatic heterocycles. The first-order chi connectivity index (χ1) is 9.69. The van der Waals surface area contributed by atoms with E-state index in [0.29, 0.717) is 19.4 Å². The molecule has 1 aromatic rings.